The number of hydrogen-bond acceptors (Lipinski definition) is 3. The van der Waals surface area contributed by atoms with Crippen LogP contribution in [0.25, 0.3) is 0 Å². The highest BCUT2D eigenvalue weighted by Crippen LogP contribution is 2.32. The van der Waals surface area contributed by atoms with Crippen LogP contribution in [0.15, 0.2) is 30.3 Å². The highest BCUT2D eigenvalue weighted by molar-refractivity contribution is 14.1. The number of anilines is 1. The Hall–Kier alpha value is -1.76. The summed E-state index contributed by atoms with van der Waals surface area (Å²) in [7, 11) is 3.14. The Balaban J connectivity index is 1.86. The van der Waals surface area contributed by atoms with Crippen LogP contribution in [0.5, 0.6) is 11.5 Å². The number of carbonyl (C=O) groups is 1. The number of hydrogen-bond donors (Lipinski definition) is 1. The van der Waals surface area contributed by atoms with Gasteiger partial charge in [-0.05, 0) is 77.2 Å². The number of nitrogens with one attached hydrogen (secondary N) is 1. The van der Waals surface area contributed by atoms with Crippen LogP contribution in [-0.2, 0) is 12.8 Å². The standard InChI is InChI=1S/C18H18INO3/c1-22-16-9-14(15(19)10-17(16)23-2)18(21)20-13-7-6-11-4-3-5-12(11)8-13/h6-10H,3-5H2,1-2H3,(H,20,21). The molecule has 23 heavy (non-hydrogen) atoms. The fourth-order valence-electron chi connectivity index (χ4n) is 2.88. The summed E-state index contributed by atoms with van der Waals surface area (Å²) in [6.45, 7) is 0. The van der Waals surface area contributed by atoms with E-state index in [9.17, 15) is 4.79 Å². The Labute approximate surface area is 149 Å². The molecule has 120 valence electrons. The number of carbonyl (C=O) groups excluding carboxylic acids is 1. The molecule has 4 nitrogen and oxygen atoms in total. The molecule has 0 aromatic heterocycles. The van der Waals surface area contributed by atoms with Crippen molar-refractivity contribution in [2.45, 2.75) is 19.3 Å². The molecular formula is C18H18INO3. The molecule has 0 radical (unpaired) electrons. The van der Waals surface area contributed by atoms with Gasteiger partial charge in [0.2, 0.25) is 0 Å². The zero-order valence-electron chi connectivity index (χ0n) is 13.1. The second kappa shape index (κ2) is 6.78. The van der Waals surface area contributed by atoms with Crippen LogP contribution in [0.4, 0.5) is 5.69 Å². The summed E-state index contributed by atoms with van der Waals surface area (Å²) in [5, 5.41) is 2.98. The van der Waals surface area contributed by atoms with E-state index in [1.165, 1.54) is 17.5 Å². The minimum Gasteiger partial charge on any atom is -0.493 e. The van der Waals surface area contributed by atoms with Crippen LogP contribution in [0, 0.1) is 3.57 Å². The van der Waals surface area contributed by atoms with Crippen LogP contribution < -0.4 is 14.8 Å². The van der Waals surface area contributed by atoms with Gasteiger partial charge in [0.15, 0.2) is 11.5 Å². The number of fused-ring (bicyclic) bond motifs is 1. The molecule has 0 saturated carbocycles. The topological polar surface area (TPSA) is 47.6 Å². The first-order chi connectivity index (χ1) is 11.1. The Bertz CT molecular complexity index is 758. The van der Waals surface area contributed by atoms with Crippen molar-refractivity contribution in [2.75, 3.05) is 19.5 Å². The van der Waals surface area contributed by atoms with E-state index < -0.39 is 0 Å². The van der Waals surface area contributed by atoms with Gasteiger partial charge >= 0.3 is 0 Å². The predicted molar refractivity (Wildman–Crippen MR) is 98.7 cm³/mol. The number of amides is 1. The molecule has 2 aromatic carbocycles. The van der Waals surface area contributed by atoms with Crippen LogP contribution in [0.1, 0.15) is 27.9 Å². The van der Waals surface area contributed by atoms with Crippen LogP contribution in [0.2, 0.25) is 0 Å². The number of aryl methyl sites for hydroxylation is 2. The van der Waals surface area contributed by atoms with Crippen molar-refractivity contribution >= 4 is 34.2 Å². The first kappa shape index (κ1) is 16.1. The Morgan fingerprint density at radius 3 is 2.48 bits per heavy atom. The average Bonchev–Trinajstić information content (AvgIpc) is 3.02. The molecule has 1 aliphatic carbocycles. The molecule has 1 aliphatic rings. The van der Waals surface area contributed by atoms with Gasteiger partial charge in [-0.15, -0.1) is 0 Å². The second-order valence-corrected chi connectivity index (χ2v) is 6.64. The molecule has 0 heterocycles. The molecule has 0 unspecified atom stereocenters. The normalized spacial score (nSPS) is 12.7. The summed E-state index contributed by atoms with van der Waals surface area (Å²) in [6, 6.07) is 9.67. The molecule has 1 amide bonds. The van der Waals surface area contributed by atoms with Gasteiger partial charge in [0.25, 0.3) is 5.91 Å². The highest BCUT2D eigenvalue weighted by atomic mass is 127. The van der Waals surface area contributed by atoms with Crippen molar-refractivity contribution in [3.8, 4) is 11.5 Å². The number of rotatable bonds is 4. The summed E-state index contributed by atoms with van der Waals surface area (Å²) in [5.41, 5.74) is 4.14. The zero-order valence-corrected chi connectivity index (χ0v) is 15.3. The van der Waals surface area contributed by atoms with Gasteiger partial charge in [-0.2, -0.15) is 0 Å². The van der Waals surface area contributed by atoms with Crippen LogP contribution in [-0.4, -0.2) is 20.1 Å². The minimum absolute atomic E-state index is 0.145. The van der Waals surface area contributed by atoms with E-state index in [2.05, 4.69) is 40.0 Å². The van der Waals surface area contributed by atoms with Gasteiger partial charge in [-0.25, -0.2) is 0 Å². The van der Waals surface area contributed by atoms with E-state index in [1.807, 2.05) is 6.07 Å². The number of methoxy groups -OCH3 is 2. The molecule has 0 spiro atoms. The van der Waals surface area contributed by atoms with E-state index in [4.69, 9.17) is 9.47 Å². The van der Waals surface area contributed by atoms with Crippen LogP contribution in [0.3, 0.4) is 0 Å². The molecule has 1 N–H and O–H groups in total. The molecule has 0 aliphatic heterocycles. The summed E-state index contributed by atoms with van der Waals surface area (Å²) in [4.78, 5) is 12.6. The van der Waals surface area contributed by atoms with E-state index >= 15 is 0 Å². The lowest BCUT2D eigenvalue weighted by molar-refractivity contribution is 0.102. The van der Waals surface area contributed by atoms with E-state index in [0.29, 0.717) is 17.1 Å². The first-order valence-electron chi connectivity index (χ1n) is 7.47. The van der Waals surface area contributed by atoms with E-state index in [1.54, 1.807) is 26.4 Å². The molecule has 0 fully saturated rings. The molecule has 0 bridgehead atoms. The minimum atomic E-state index is -0.145. The fraction of sp³-hybridized carbons (Fsp3) is 0.278. The van der Waals surface area contributed by atoms with Gasteiger partial charge in [-0.3, -0.25) is 4.79 Å². The van der Waals surface area contributed by atoms with Crippen LogP contribution >= 0.6 is 22.6 Å². The van der Waals surface area contributed by atoms with Crippen molar-refractivity contribution in [1.82, 2.24) is 0 Å². The largest absolute Gasteiger partial charge is 0.493 e. The van der Waals surface area contributed by atoms with Gasteiger partial charge in [0.05, 0.1) is 19.8 Å². The smallest absolute Gasteiger partial charge is 0.256 e. The monoisotopic (exact) mass is 423 g/mol. The molecular weight excluding hydrogens is 405 g/mol. The SMILES string of the molecule is COc1cc(I)c(C(=O)Nc2ccc3c(c2)CCC3)cc1OC. The van der Waals surface area contributed by atoms with Gasteiger partial charge in [-0.1, -0.05) is 6.07 Å². The Morgan fingerprint density at radius 1 is 1.04 bits per heavy atom. The third-order valence-corrected chi connectivity index (χ3v) is 4.97. The summed E-state index contributed by atoms with van der Waals surface area (Å²) in [5.74, 6) is 1.02. The lowest BCUT2D eigenvalue weighted by atomic mass is 10.1. The third kappa shape index (κ3) is 3.29. The Kier molecular flexibility index (Phi) is 4.75. The van der Waals surface area contributed by atoms with Crippen molar-refractivity contribution in [2.24, 2.45) is 0 Å². The maximum Gasteiger partial charge on any atom is 0.256 e. The lowest BCUT2D eigenvalue weighted by Crippen LogP contribution is -2.14. The highest BCUT2D eigenvalue weighted by Gasteiger charge is 2.17. The summed E-state index contributed by atoms with van der Waals surface area (Å²) in [6.07, 6.45) is 3.42. The number of halogens is 1. The molecule has 5 heteroatoms. The molecule has 0 saturated heterocycles. The number of benzene rings is 2. The van der Waals surface area contributed by atoms with Crippen molar-refractivity contribution < 1.29 is 14.3 Å². The summed E-state index contributed by atoms with van der Waals surface area (Å²) < 4.78 is 11.4. The predicted octanol–water partition coefficient (Wildman–Crippen LogP) is 4.05. The first-order valence-corrected chi connectivity index (χ1v) is 8.55. The maximum absolute atomic E-state index is 12.6. The number of ether oxygens (including phenoxy) is 2. The Morgan fingerprint density at radius 2 is 1.74 bits per heavy atom. The lowest BCUT2D eigenvalue weighted by Gasteiger charge is -2.12. The van der Waals surface area contributed by atoms with E-state index in [0.717, 1.165) is 22.1 Å². The van der Waals surface area contributed by atoms with Crippen molar-refractivity contribution in [1.29, 1.82) is 0 Å². The molecule has 2 aromatic rings. The third-order valence-electron chi connectivity index (χ3n) is 4.07. The quantitative estimate of drug-likeness (QED) is 0.756. The van der Waals surface area contributed by atoms with Gasteiger partial charge < -0.3 is 14.8 Å². The zero-order chi connectivity index (χ0) is 16.4. The van der Waals surface area contributed by atoms with Gasteiger partial charge in [0, 0.05) is 9.26 Å². The molecule has 0 atom stereocenters. The average molecular weight is 423 g/mol. The summed E-state index contributed by atoms with van der Waals surface area (Å²) >= 11 is 2.13. The second-order valence-electron chi connectivity index (χ2n) is 5.48. The molecule has 3 rings (SSSR count). The van der Waals surface area contributed by atoms with Crippen molar-refractivity contribution in [3.63, 3.8) is 0 Å². The van der Waals surface area contributed by atoms with E-state index in [-0.39, 0.29) is 5.91 Å². The maximum atomic E-state index is 12.6. The fourth-order valence-corrected chi connectivity index (χ4v) is 3.56. The van der Waals surface area contributed by atoms with Gasteiger partial charge in [0.1, 0.15) is 0 Å². The van der Waals surface area contributed by atoms with Crippen molar-refractivity contribution in [3.05, 3.63) is 50.6 Å².